The molecule has 7 heteroatoms. The number of nitrogens with zero attached hydrogens (tertiary/aromatic N) is 3. The third-order valence-corrected chi connectivity index (χ3v) is 4.45. The largest absolute Gasteiger partial charge is 0.352 e. The third kappa shape index (κ3) is 3.71. The van der Waals surface area contributed by atoms with E-state index in [9.17, 15) is 4.79 Å². The monoisotopic (exact) mass is 369 g/mol. The Morgan fingerprint density at radius 1 is 1.00 bits per heavy atom. The molecule has 1 aliphatic heterocycles. The molecule has 1 aromatic carbocycles. The minimum absolute atomic E-state index is 0.0117. The summed E-state index contributed by atoms with van der Waals surface area (Å²) < 4.78 is 0. The fourth-order valence-corrected chi connectivity index (χ4v) is 3.26. The van der Waals surface area contributed by atoms with Crippen molar-refractivity contribution < 1.29 is 4.79 Å². The minimum atomic E-state index is -0.0117. The molecule has 1 aromatic heterocycles. The summed E-state index contributed by atoms with van der Waals surface area (Å²) in [6.07, 6.45) is 1.58. The van der Waals surface area contributed by atoms with Crippen LogP contribution in [0.3, 0.4) is 0 Å². The molecule has 1 amide bonds. The first-order chi connectivity index (χ1) is 11.0. The predicted octanol–water partition coefficient (Wildman–Crippen LogP) is 4.00. The number of carbonyl (C=O) groups excluding carboxylic acids is 1. The Balaban J connectivity index is 1.67. The Bertz CT molecular complexity index is 730. The topological polar surface area (TPSA) is 36.4 Å². The van der Waals surface area contributed by atoms with E-state index < -0.39 is 0 Å². The van der Waals surface area contributed by atoms with Crippen molar-refractivity contribution in [3.05, 3.63) is 57.2 Å². The molecule has 0 N–H and O–H groups in total. The second kappa shape index (κ2) is 6.95. The zero-order chi connectivity index (χ0) is 16.4. The van der Waals surface area contributed by atoms with E-state index >= 15 is 0 Å². The first-order valence-electron chi connectivity index (χ1n) is 7.15. The lowest BCUT2D eigenvalue weighted by molar-refractivity contribution is 0.0746. The highest BCUT2D eigenvalue weighted by Gasteiger charge is 2.24. The number of carbonyl (C=O) groups is 1. The van der Waals surface area contributed by atoms with Gasteiger partial charge in [-0.2, -0.15) is 0 Å². The van der Waals surface area contributed by atoms with E-state index in [0.717, 1.165) is 0 Å². The number of anilines is 1. The molecule has 1 aliphatic rings. The fraction of sp³-hybridized carbons (Fsp3) is 0.250. The van der Waals surface area contributed by atoms with E-state index in [1.165, 1.54) is 0 Å². The highest BCUT2D eigenvalue weighted by atomic mass is 35.5. The van der Waals surface area contributed by atoms with Crippen LogP contribution in [0.15, 0.2) is 36.5 Å². The summed E-state index contributed by atoms with van der Waals surface area (Å²) in [5.74, 6) is 0.688. The summed E-state index contributed by atoms with van der Waals surface area (Å²) in [7, 11) is 0. The Hall–Kier alpha value is -1.49. The molecule has 0 atom stereocenters. The fourth-order valence-electron chi connectivity index (χ4n) is 2.57. The molecule has 1 fully saturated rings. The lowest BCUT2D eigenvalue weighted by atomic mass is 10.2. The molecule has 0 aliphatic carbocycles. The van der Waals surface area contributed by atoms with E-state index in [-0.39, 0.29) is 5.91 Å². The minimum Gasteiger partial charge on any atom is -0.352 e. The molecule has 0 radical (unpaired) electrons. The van der Waals surface area contributed by atoms with E-state index in [1.54, 1.807) is 36.5 Å². The second-order valence-electron chi connectivity index (χ2n) is 5.25. The number of rotatable bonds is 2. The Kier molecular flexibility index (Phi) is 4.95. The SMILES string of the molecule is O=C(c1cccc(Cl)c1)N1CCN(c2ncc(Cl)cc2Cl)CC1. The molecule has 0 saturated carbocycles. The Morgan fingerprint density at radius 2 is 1.74 bits per heavy atom. The van der Waals surface area contributed by atoms with Crippen LogP contribution in [0.4, 0.5) is 5.82 Å². The van der Waals surface area contributed by atoms with Gasteiger partial charge in [-0.05, 0) is 24.3 Å². The Morgan fingerprint density at radius 3 is 2.39 bits per heavy atom. The van der Waals surface area contributed by atoms with Crippen LogP contribution in [0.1, 0.15) is 10.4 Å². The van der Waals surface area contributed by atoms with Crippen LogP contribution in [0.25, 0.3) is 0 Å². The number of amides is 1. The summed E-state index contributed by atoms with van der Waals surface area (Å²) >= 11 is 18.0. The van der Waals surface area contributed by atoms with Crippen LogP contribution in [-0.2, 0) is 0 Å². The van der Waals surface area contributed by atoms with Gasteiger partial charge in [0.1, 0.15) is 5.82 Å². The van der Waals surface area contributed by atoms with Gasteiger partial charge in [-0.1, -0.05) is 40.9 Å². The van der Waals surface area contributed by atoms with Gasteiger partial charge in [0, 0.05) is 43.0 Å². The lowest BCUT2D eigenvalue weighted by Crippen LogP contribution is -2.49. The average molecular weight is 371 g/mol. The predicted molar refractivity (Wildman–Crippen MR) is 93.8 cm³/mol. The van der Waals surface area contributed by atoms with Gasteiger partial charge < -0.3 is 9.80 Å². The summed E-state index contributed by atoms with van der Waals surface area (Å²) in [6.45, 7) is 2.54. The second-order valence-corrected chi connectivity index (χ2v) is 6.53. The summed E-state index contributed by atoms with van der Waals surface area (Å²) in [5, 5.41) is 1.59. The van der Waals surface area contributed by atoms with Gasteiger partial charge in [0.2, 0.25) is 0 Å². The summed E-state index contributed by atoms with van der Waals surface area (Å²) in [5.41, 5.74) is 0.605. The van der Waals surface area contributed by atoms with Gasteiger partial charge in [0.05, 0.1) is 10.0 Å². The van der Waals surface area contributed by atoms with Gasteiger partial charge in [-0.15, -0.1) is 0 Å². The molecular formula is C16H14Cl3N3O. The highest BCUT2D eigenvalue weighted by molar-refractivity contribution is 6.36. The third-order valence-electron chi connectivity index (χ3n) is 3.73. The van der Waals surface area contributed by atoms with Crippen LogP contribution in [0.2, 0.25) is 15.1 Å². The van der Waals surface area contributed by atoms with Crippen LogP contribution < -0.4 is 4.90 Å². The van der Waals surface area contributed by atoms with Crippen molar-refractivity contribution in [1.82, 2.24) is 9.88 Å². The zero-order valence-corrected chi connectivity index (χ0v) is 14.4. The number of piperazine rings is 1. The number of halogens is 3. The molecule has 2 aromatic rings. The quantitative estimate of drug-likeness (QED) is 0.801. The standard InChI is InChI=1S/C16H14Cl3N3O/c17-12-3-1-2-11(8-12)16(23)22-6-4-21(5-7-22)15-14(19)9-13(18)10-20-15/h1-3,8-10H,4-7H2. The number of hydrogen-bond acceptors (Lipinski definition) is 3. The van der Waals surface area contributed by atoms with Gasteiger partial charge in [0.15, 0.2) is 0 Å². The van der Waals surface area contributed by atoms with Crippen molar-refractivity contribution in [2.45, 2.75) is 0 Å². The van der Waals surface area contributed by atoms with Crippen LogP contribution in [-0.4, -0.2) is 42.0 Å². The normalized spacial score (nSPS) is 14.9. The van der Waals surface area contributed by atoms with Crippen LogP contribution >= 0.6 is 34.8 Å². The van der Waals surface area contributed by atoms with Crippen molar-refractivity contribution in [1.29, 1.82) is 0 Å². The highest BCUT2D eigenvalue weighted by Crippen LogP contribution is 2.27. The maximum Gasteiger partial charge on any atom is 0.254 e. The number of benzene rings is 1. The maximum atomic E-state index is 12.5. The molecule has 4 nitrogen and oxygen atoms in total. The van der Waals surface area contributed by atoms with Crippen LogP contribution in [0.5, 0.6) is 0 Å². The van der Waals surface area contributed by atoms with E-state index in [2.05, 4.69) is 9.88 Å². The number of aromatic nitrogens is 1. The molecular weight excluding hydrogens is 357 g/mol. The van der Waals surface area contributed by atoms with Gasteiger partial charge in [0.25, 0.3) is 5.91 Å². The van der Waals surface area contributed by atoms with Crippen molar-refractivity contribution in [2.24, 2.45) is 0 Å². The first kappa shape index (κ1) is 16.4. The zero-order valence-electron chi connectivity index (χ0n) is 12.2. The molecule has 120 valence electrons. The maximum absolute atomic E-state index is 12.5. The summed E-state index contributed by atoms with van der Waals surface area (Å²) in [4.78, 5) is 20.6. The van der Waals surface area contributed by atoms with Crippen molar-refractivity contribution in [3.8, 4) is 0 Å². The van der Waals surface area contributed by atoms with Crippen LogP contribution in [0, 0.1) is 0 Å². The smallest absolute Gasteiger partial charge is 0.254 e. The molecule has 0 bridgehead atoms. The molecule has 3 rings (SSSR count). The van der Waals surface area contributed by atoms with Crippen molar-refractivity contribution in [3.63, 3.8) is 0 Å². The Labute approximate surface area is 149 Å². The molecule has 23 heavy (non-hydrogen) atoms. The first-order valence-corrected chi connectivity index (χ1v) is 8.29. The van der Waals surface area contributed by atoms with Crippen molar-refractivity contribution in [2.75, 3.05) is 31.1 Å². The average Bonchev–Trinajstić information content (AvgIpc) is 2.54. The number of pyridine rings is 1. The molecule has 0 unspecified atom stereocenters. The molecule has 1 saturated heterocycles. The van der Waals surface area contributed by atoms with E-state index in [0.29, 0.717) is 52.6 Å². The van der Waals surface area contributed by atoms with E-state index in [4.69, 9.17) is 34.8 Å². The number of hydrogen-bond donors (Lipinski definition) is 0. The van der Waals surface area contributed by atoms with Gasteiger partial charge in [-0.3, -0.25) is 4.79 Å². The van der Waals surface area contributed by atoms with Gasteiger partial charge in [-0.25, -0.2) is 4.98 Å². The molecule has 2 heterocycles. The molecule has 0 spiro atoms. The summed E-state index contributed by atoms with van der Waals surface area (Å²) in [6, 6.07) is 8.68. The lowest BCUT2D eigenvalue weighted by Gasteiger charge is -2.35. The van der Waals surface area contributed by atoms with Gasteiger partial charge >= 0.3 is 0 Å². The van der Waals surface area contributed by atoms with Crippen molar-refractivity contribution >= 4 is 46.5 Å². The van der Waals surface area contributed by atoms with E-state index in [1.807, 2.05) is 4.90 Å².